The van der Waals surface area contributed by atoms with Gasteiger partial charge >= 0.3 is 0 Å². The van der Waals surface area contributed by atoms with Gasteiger partial charge in [0.25, 0.3) is 0 Å². The molecular formula is C47H64O4. The number of carbonyl (C=O) groups excluding carboxylic acids is 4. The van der Waals surface area contributed by atoms with Crippen molar-refractivity contribution in [1.29, 1.82) is 0 Å². The minimum atomic E-state index is 0.0119. The first-order valence-corrected chi connectivity index (χ1v) is 21.5. The normalized spacial score (nSPS) is 52.3. The van der Waals surface area contributed by atoms with Crippen LogP contribution in [0.5, 0.6) is 0 Å². The Morgan fingerprint density at radius 1 is 0.588 bits per heavy atom. The molecule has 51 heavy (non-hydrogen) atoms. The topological polar surface area (TPSA) is 68.3 Å². The van der Waals surface area contributed by atoms with Crippen molar-refractivity contribution in [3.8, 4) is 0 Å². The van der Waals surface area contributed by atoms with Crippen LogP contribution in [0.4, 0.5) is 0 Å². The third-order valence-corrected chi connectivity index (χ3v) is 19.7. The SMILES string of the molecule is CC12C=CC(=O)C=C1CCC1C3CC[C@]4(CCCC4=O)[C@]3(C)CC[C@@H]12.CC1CC2=CC(=O)CCC2(C)[C@H]2CC[C@]3(C)C(CC[C@]34CCCC4=O)C12. The molecule has 0 amide bonds. The Bertz CT molecular complexity index is 1660. The Morgan fingerprint density at radius 3 is 1.84 bits per heavy atom. The molecule has 0 bridgehead atoms. The van der Waals surface area contributed by atoms with Crippen molar-refractivity contribution in [3.63, 3.8) is 0 Å². The lowest BCUT2D eigenvalue weighted by molar-refractivity contribution is -0.141. The van der Waals surface area contributed by atoms with Gasteiger partial charge < -0.3 is 0 Å². The fourth-order valence-corrected chi connectivity index (χ4v) is 17.0. The zero-order chi connectivity index (χ0) is 35.8. The van der Waals surface area contributed by atoms with Crippen LogP contribution in [0.2, 0.25) is 0 Å². The molecular weight excluding hydrogens is 629 g/mol. The van der Waals surface area contributed by atoms with Gasteiger partial charge in [-0.05, 0) is 179 Å². The first-order chi connectivity index (χ1) is 24.2. The van der Waals surface area contributed by atoms with Crippen molar-refractivity contribution < 1.29 is 19.2 Å². The van der Waals surface area contributed by atoms with E-state index in [1.807, 2.05) is 12.2 Å². The van der Waals surface area contributed by atoms with Gasteiger partial charge in [0.15, 0.2) is 11.6 Å². The van der Waals surface area contributed by atoms with Crippen molar-refractivity contribution in [2.45, 2.75) is 157 Å². The fourth-order valence-electron chi connectivity index (χ4n) is 17.0. The second-order valence-corrected chi connectivity index (χ2v) is 20.8. The molecule has 0 aromatic carbocycles. The monoisotopic (exact) mass is 692 g/mol. The van der Waals surface area contributed by atoms with Crippen LogP contribution in [0.15, 0.2) is 35.5 Å². The quantitative estimate of drug-likeness (QED) is 0.253. The van der Waals surface area contributed by atoms with Gasteiger partial charge in [-0.2, -0.15) is 0 Å². The summed E-state index contributed by atoms with van der Waals surface area (Å²) >= 11 is 0. The van der Waals surface area contributed by atoms with Crippen molar-refractivity contribution in [1.82, 2.24) is 0 Å². The number of fused-ring (bicyclic) bond motifs is 12. The average Bonchev–Trinajstić information content (AvgIpc) is 3.84. The first kappa shape index (κ1) is 34.7. The van der Waals surface area contributed by atoms with E-state index >= 15 is 0 Å². The van der Waals surface area contributed by atoms with Crippen LogP contribution in [0, 0.1) is 73.9 Å². The highest BCUT2D eigenvalue weighted by molar-refractivity contribution is 6.01. The summed E-state index contributed by atoms with van der Waals surface area (Å²) in [5.41, 5.74) is 3.63. The van der Waals surface area contributed by atoms with Crippen molar-refractivity contribution in [2.24, 2.45) is 73.9 Å². The summed E-state index contributed by atoms with van der Waals surface area (Å²) in [6.45, 7) is 12.2. The number of carbonyl (C=O) groups is 4. The summed E-state index contributed by atoms with van der Waals surface area (Å²) in [5.74, 6) is 6.62. The lowest BCUT2D eigenvalue weighted by Gasteiger charge is -2.61. The number of ketones is 4. The van der Waals surface area contributed by atoms with Crippen LogP contribution in [0.1, 0.15) is 157 Å². The van der Waals surface area contributed by atoms with Gasteiger partial charge in [0.2, 0.25) is 0 Å². The highest BCUT2D eigenvalue weighted by atomic mass is 16.1. The molecule has 0 heterocycles. The summed E-state index contributed by atoms with van der Waals surface area (Å²) in [6.07, 6.45) is 29.1. The van der Waals surface area contributed by atoms with E-state index < -0.39 is 0 Å². The molecule has 0 aliphatic heterocycles. The van der Waals surface area contributed by atoms with Gasteiger partial charge in [0.1, 0.15) is 11.6 Å². The van der Waals surface area contributed by atoms with Gasteiger partial charge in [0.05, 0.1) is 0 Å². The number of allylic oxidation sites excluding steroid dienone is 5. The van der Waals surface area contributed by atoms with Crippen molar-refractivity contribution >= 4 is 23.1 Å². The van der Waals surface area contributed by atoms with Gasteiger partial charge in [0, 0.05) is 35.5 Å². The van der Waals surface area contributed by atoms with Gasteiger partial charge in [-0.3, -0.25) is 19.2 Å². The number of hydrogen-bond acceptors (Lipinski definition) is 4. The van der Waals surface area contributed by atoms with Crippen molar-refractivity contribution in [3.05, 3.63) is 35.5 Å². The van der Waals surface area contributed by atoms with E-state index in [4.69, 9.17) is 0 Å². The molecule has 4 nitrogen and oxygen atoms in total. The second-order valence-electron chi connectivity index (χ2n) is 20.8. The zero-order valence-corrected chi connectivity index (χ0v) is 32.4. The Labute approximate surface area is 307 Å². The molecule has 10 aliphatic carbocycles. The molecule has 0 radical (unpaired) electrons. The number of hydrogen-bond donors (Lipinski definition) is 0. The summed E-state index contributed by atoms with van der Waals surface area (Å²) < 4.78 is 0. The summed E-state index contributed by atoms with van der Waals surface area (Å²) in [7, 11) is 0. The van der Waals surface area contributed by atoms with E-state index in [0.29, 0.717) is 41.0 Å². The molecule has 4 heteroatoms. The van der Waals surface area contributed by atoms with Gasteiger partial charge in [-0.15, -0.1) is 0 Å². The van der Waals surface area contributed by atoms with E-state index in [-0.39, 0.29) is 38.3 Å². The van der Waals surface area contributed by atoms with Gasteiger partial charge in [-0.1, -0.05) is 51.8 Å². The second kappa shape index (κ2) is 11.5. The Balaban J connectivity index is 0.000000137. The molecule has 7 unspecified atom stereocenters. The maximum atomic E-state index is 13.0. The molecule has 276 valence electrons. The standard InChI is InChI=1S/C24H34O2.C23H30O2/c1-15-13-16-14-17(25)6-10-22(16,2)18-7-11-23(3)19(21(15)18)8-12-24(23)9-4-5-20(24)26;1-21-11-7-16(24)14-15(21)5-6-17-18(21)8-12-22(2)19(17)9-13-23(22)10-3-4-20(23)25/h14-15,18-19,21H,4-13H2,1-3H3;7,11,14,17-19H,3-6,8-10,12-13H2,1-2H3/t15?,18-,19?,21?,22?,23+,24-;17?,18-,19?,21?,22+,23-/m00/s1. The third kappa shape index (κ3) is 4.43. The molecule has 8 saturated carbocycles. The predicted octanol–water partition coefficient (Wildman–Crippen LogP) is 10.5. The van der Waals surface area contributed by atoms with E-state index in [1.54, 1.807) is 6.08 Å². The lowest BCUT2D eigenvalue weighted by atomic mass is 9.43. The van der Waals surface area contributed by atoms with Gasteiger partial charge in [-0.25, -0.2) is 0 Å². The Morgan fingerprint density at radius 2 is 1.20 bits per heavy atom. The lowest BCUT2D eigenvalue weighted by Crippen LogP contribution is -2.55. The Hall–Kier alpha value is -2.10. The van der Waals surface area contributed by atoms with E-state index in [0.717, 1.165) is 94.8 Å². The van der Waals surface area contributed by atoms with E-state index in [2.05, 4.69) is 40.7 Å². The smallest absolute Gasteiger partial charge is 0.178 e. The predicted molar refractivity (Wildman–Crippen MR) is 200 cm³/mol. The van der Waals surface area contributed by atoms with Crippen LogP contribution < -0.4 is 0 Å². The van der Waals surface area contributed by atoms with Crippen LogP contribution in [0.25, 0.3) is 0 Å². The van der Waals surface area contributed by atoms with Crippen LogP contribution >= 0.6 is 0 Å². The first-order valence-electron chi connectivity index (χ1n) is 21.5. The molecule has 0 aromatic rings. The van der Waals surface area contributed by atoms with Crippen LogP contribution in [-0.4, -0.2) is 23.1 Å². The van der Waals surface area contributed by atoms with Crippen LogP contribution in [-0.2, 0) is 19.2 Å². The highest BCUT2D eigenvalue weighted by Gasteiger charge is 2.69. The maximum Gasteiger partial charge on any atom is 0.178 e. The van der Waals surface area contributed by atoms with E-state index in [1.165, 1.54) is 56.1 Å². The third-order valence-electron chi connectivity index (χ3n) is 19.7. The number of Topliss-reactive ketones (excluding diaryl/α,β-unsaturated/α-hetero) is 2. The summed E-state index contributed by atoms with van der Waals surface area (Å²) in [5, 5.41) is 0. The van der Waals surface area contributed by atoms with Crippen molar-refractivity contribution in [2.75, 3.05) is 0 Å². The zero-order valence-electron chi connectivity index (χ0n) is 32.4. The summed E-state index contributed by atoms with van der Waals surface area (Å²) in [4.78, 5) is 49.8. The van der Waals surface area contributed by atoms with E-state index in [9.17, 15) is 19.2 Å². The average molecular weight is 693 g/mol. The summed E-state index contributed by atoms with van der Waals surface area (Å²) in [6, 6.07) is 0. The molecule has 0 saturated heterocycles. The Kier molecular flexibility index (Phi) is 7.78. The largest absolute Gasteiger partial charge is 0.299 e. The molecule has 13 atom stereocenters. The molecule has 8 fully saturated rings. The molecule has 0 aromatic heterocycles. The molecule has 10 rings (SSSR count). The highest BCUT2D eigenvalue weighted by Crippen LogP contribution is 2.74. The number of rotatable bonds is 0. The fraction of sp³-hybridized carbons (Fsp3) is 0.787. The molecule has 0 N–H and O–H groups in total. The molecule has 10 aliphatic rings. The molecule has 2 spiro atoms. The van der Waals surface area contributed by atoms with Crippen LogP contribution in [0.3, 0.4) is 0 Å². The maximum absolute atomic E-state index is 13.0. The minimum absolute atomic E-state index is 0.0119. The minimum Gasteiger partial charge on any atom is -0.299 e.